The van der Waals surface area contributed by atoms with E-state index in [2.05, 4.69) is 44.3 Å². The highest BCUT2D eigenvalue weighted by Gasteiger charge is 2.21. The highest BCUT2D eigenvalue weighted by molar-refractivity contribution is 5.78. The molecule has 1 aromatic carbocycles. The zero-order chi connectivity index (χ0) is 13.8. The molecule has 1 unspecified atom stereocenters. The lowest BCUT2D eigenvalue weighted by Gasteiger charge is -2.22. The average molecular weight is 260 g/mol. The molecule has 0 aromatic heterocycles. The van der Waals surface area contributed by atoms with E-state index in [4.69, 9.17) is 0 Å². The van der Waals surface area contributed by atoms with Crippen LogP contribution in [0.3, 0.4) is 0 Å². The summed E-state index contributed by atoms with van der Waals surface area (Å²) in [7, 11) is 0. The third-order valence-electron chi connectivity index (χ3n) is 3.80. The monoisotopic (exact) mass is 260 g/mol. The average Bonchev–Trinajstić information content (AvgIpc) is 2.74. The van der Waals surface area contributed by atoms with Gasteiger partial charge in [-0.2, -0.15) is 0 Å². The van der Waals surface area contributed by atoms with Gasteiger partial charge in [0.1, 0.15) is 0 Å². The quantitative estimate of drug-likeness (QED) is 0.881. The highest BCUT2D eigenvalue weighted by atomic mass is 16.2. The lowest BCUT2D eigenvalue weighted by atomic mass is 10.1. The van der Waals surface area contributed by atoms with Crippen molar-refractivity contribution in [2.75, 3.05) is 13.1 Å². The largest absolute Gasteiger partial charge is 0.341 e. The van der Waals surface area contributed by atoms with Crippen molar-refractivity contribution in [3.05, 3.63) is 34.9 Å². The summed E-state index contributed by atoms with van der Waals surface area (Å²) in [4.78, 5) is 13.5. The zero-order valence-electron chi connectivity index (χ0n) is 12.2. The molecule has 0 bridgehead atoms. The van der Waals surface area contributed by atoms with Crippen molar-refractivity contribution >= 4 is 5.91 Å². The molecule has 1 aliphatic heterocycles. The van der Waals surface area contributed by atoms with Gasteiger partial charge in [-0.25, -0.2) is 0 Å². The number of nitrogens with one attached hydrogen (secondary N) is 1. The van der Waals surface area contributed by atoms with Crippen LogP contribution in [-0.2, 0) is 11.3 Å². The SMILES string of the molecule is Cc1ccc(CNC(C)CN2CCCC2=O)c(C)c1. The zero-order valence-corrected chi connectivity index (χ0v) is 12.2. The first-order valence-corrected chi connectivity index (χ1v) is 7.13. The van der Waals surface area contributed by atoms with Crippen LogP contribution in [0.5, 0.6) is 0 Å². The van der Waals surface area contributed by atoms with Crippen molar-refractivity contribution in [2.24, 2.45) is 0 Å². The van der Waals surface area contributed by atoms with Crippen molar-refractivity contribution in [2.45, 2.75) is 46.2 Å². The van der Waals surface area contributed by atoms with Crippen molar-refractivity contribution in [1.29, 1.82) is 0 Å². The third-order valence-corrected chi connectivity index (χ3v) is 3.80. The summed E-state index contributed by atoms with van der Waals surface area (Å²) in [5.41, 5.74) is 3.97. The smallest absolute Gasteiger partial charge is 0.222 e. The number of aryl methyl sites for hydroxylation is 2. The minimum atomic E-state index is 0.306. The van der Waals surface area contributed by atoms with Gasteiger partial charge in [0.2, 0.25) is 5.91 Å². The molecule has 1 aromatic rings. The summed E-state index contributed by atoms with van der Waals surface area (Å²) in [6.07, 6.45) is 1.74. The maximum absolute atomic E-state index is 11.6. The maximum Gasteiger partial charge on any atom is 0.222 e. The van der Waals surface area contributed by atoms with Gasteiger partial charge in [-0.15, -0.1) is 0 Å². The Balaban J connectivity index is 1.82. The summed E-state index contributed by atoms with van der Waals surface area (Å²) >= 11 is 0. The van der Waals surface area contributed by atoms with Crippen LogP contribution in [0.2, 0.25) is 0 Å². The second-order valence-electron chi connectivity index (χ2n) is 5.66. The van der Waals surface area contributed by atoms with E-state index in [0.717, 1.165) is 32.5 Å². The standard InChI is InChI=1S/C16H24N2O/c1-12-6-7-15(13(2)9-12)10-17-14(3)11-18-8-4-5-16(18)19/h6-7,9,14,17H,4-5,8,10-11H2,1-3H3. The van der Waals surface area contributed by atoms with Crippen LogP contribution in [0.1, 0.15) is 36.5 Å². The van der Waals surface area contributed by atoms with E-state index in [9.17, 15) is 4.79 Å². The molecule has 0 saturated carbocycles. The molecule has 3 nitrogen and oxygen atoms in total. The van der Waals surface area contributed by atoms with Gasteiger partial charge < -0.3 is 10.2 Å². The molecule has 0 aliphatic carbocycles. The van der Waals surface area contributed by atoms with Gasteiger partial charge in [0.15, 0.2) is 0 Å². The molecule has 1 atom stereocenters. The Morgan fingerprint density at radius 1 is 1.37 bits per heavy atom. The van der Waals surface area contributed by atoms with E-state index in [1.807, 2.05) is 4.90 Å². The fourth-order valence-electron chi connectivity index (χ4n) is 2.62. The number of rotatable bonds is 5. The topological polar surface area (TPSA) is 32.3 Å². The fourth-order valence-corrected chi connectivity index (χ4v) is 2.62. The van der Waals surface area contributed by atoms with Crippen molar-refractivity contribution in [1.82, 2.24) is 10.2 Å². The number of amides is 1. The first-order valence-electron chi connectivity index (χ1n) is 7.13. The Morgan fingerprint density at radius 3 is 2.79 bits per heavy atom. The van der Waals surface area contributed by atoms with Gasteiger partial charge in [0.05, 0.1) is 0 Å². The number of carbonyl (C=O) groups excluding carboxylic acids is 1. The predicted molar refractivity (Wildman–Crippen MR) is 78.0 cm³/mol. The minimum Gasteiger partial charge on any atom is -0.341 e. The normalized spacial score (nSPS) is 17.0. The van der Waals surface area contributed by atoms with Crippen LogP contribution in [-0.4, -0.2) is 29.9 Å². The van der Waals surface area contributed by atoms with E-state index < -0.39 is 0 Å². The van der Waals surface area contributed by atoms with Crippen molar-refractivity contribution in [3.63, 3.8) is 0 Å². The van der Waals surface area contributed by atoms with Crippen molar-refractivity contribution < 1.29 is 4.79 Å². The number of likely N-dealkylation sites (tertiary alicyclic amines) is 1. The number of benzene rings is 1. The molecule has 3 heteroatoms. The van der Waals surface area contributed by atoms with Crippen LogP contribution < -0.4 is 5.32 Å². The molecular formula is C16H24N2O. The summed E-state index contributed by atoms with van der Waals surface area (Å²) in [5, 5.41) is 3.51. The predicted octanol–water partition coefficient (Wildman–Crippen LogP) is 2.40. The Labute approximate surface area is 116 Å². The molecule has 104 valence electrons. The number of hydrogen-bond donors (Lipinski definition) is 1. The third kappa shape index (κ3) is 3.80. The summed E-state index contributed by atoms with van der Waals surface area (Å²) in [5.74, 6) is 0.306. The lowest BCUT2D eigenvalue weighted by Crippen LogP contribution is -2.39. The van der Waals surface area contributed by atoms with Gasteiger partial charge in [-0.3, -0.25) is 4.79 Å². The first kappa shape index (κ1) is 14.1. The summed E-state index contributed by atoms with van der Waals surface area (Å²) < 4.78 is 0. The lowest BCUT2D eigenvalue weighted by molar-refractivity contribution is -0.127. The molecule has 0 radical (unpaired) electrons. The molecular weight excluding hydrogens is 236 g/mol. The molecule has 1 saturated heterocycles. The van der Waals surface area contributed by atoms with Crippen LogP contribution in [0.25, 0.3) is 0 Å². The number of carbonyl (C=O) groups is 1. The van der Waals surface area contributed by atoms with Gasteiger partial charge >= 0.3 is 0 Å². The fraction of sp³-hybridized carbons (Fsp3) is 0.562. The van der Waals surface area contributed by atoms with E-state index in [-0.39, 0.29) is 0 Å². The first-order chi connectivity index (χ1) is 9.06. The van der Waals surface area contributed by atoms with Gasteiger partial charge in [0, 0.05) is 32.1 Å². The molecule has 1 N–H and O–H groups in total. The molecule has 0 spiro atoms. The van der Waals surface area contributed by atoms with E-state index in [1.54, 1.807) is 0 Å². The maximum atomic E-state index is 11.6. The van der Waals surface area contributed by atoms with Crippen LogP contribution in [0.15, 0.2) is 18.2 Å². The van der Waals surface area contributed by atoms with Crippen LogP contribution in [0.4, 0.5) is 0 Å². The van der Waals surface area contributed by atoms with E-state index in [1.165, 1.54) is 16.7 Å². The molecule has 1 heterocycles. The second-order valence-corrected chi connectivity index (χ2v) is 5.66. The number of hydrogen-bond acceptors (Lipinski definition) is 2. The number of nitrogens with zero attached hydrogens (tertiary/aromatic N) is 1. The Kier molecular flexibility index (Phi) is 4.59. The molecule has 1 aliphatic rings. The molecule has 1 amide bonds. The minimum absolute atomic E-state index is 0.306. The second kappa shape index (κ2) is 6.20. The Hall–Kier alpha value is -1.35. The molecule has 19 heavy (non-hydrogen) atoms. The summed E-state index contributed by atoms with van der Waals surface area (Å²) in [6.45, 7) is 9.03. The van der Waals surface area contributed by atoms with Crippen LogP contribution >= 0.6 is 0 Å². The van der Waals surface area contributed by atoms with Gasteiger partial charge in [-0.1, -0.05) is 23.8 Å². The van der Waals surface area contributed by atoms with E-state index in [0.29, 0.717) is 11.9 Å². The Morgan fingerprint density at radius 2 is 2.16 bits per heavy atom. The summed E-state index contributed by atoms with van der Waals surface area (Å²) in [6, 6.07) is 6.89. The Bertz CT molecular complexity index is 456. The molecule has 1 fully saturated rings. The van der Waals surface area contributed by atoms with Crippen LogP contribution in [0, 0.1) is 13.8 Å². The van der Waals surface area contributed by atoms with Gasteiger partial charge in [-0.05, 0) is 38.3 Å². The van der Waals surface area contributed by atoms with Gasteiger partial charge in [0.25, 0.3) is 0 Å². The van der Waals surface area contributed by atoms with E-state index >= 15 is 0 Å². The highest BCUT2D eigenvalue weighted by Crippen LogP contribution is 2.12. The van der Waals surface area contributed by atoms with Crippen molar-refractivity contribution in [3.8, 4) is 0 Å². The molecule has 2 rings (SSSR count).